The summed E-state index contributed by atoms with van der Waals surface area (Å²) in [5.41, 5.74) is 4.87. The first kappa shape index (κ1) is 47.9. The zero-order valence-electron chi connectivity index (χ0n) is 34.3. The van der Waals surface area contributed by atoms with Gasteiger partial charge in [0.25, 0.3) is 0 Å². The van der Waals surface area contributed by atoms with Crippen molar-refractivity contribution >= 4 is 17.9 Å². The molecule has 0 saturated heterocycles. The van der Waals surface area contributed by atoms with Gasteiger partial charge in [-0.3, -0.25) is 0 Å². The SMILES string of the molecule is Cc1cc(C)c(C(=O)O)c(COOC(c2c(C(=O)O)c(C)cc(C)c2C(C)(C)C)(C(C)(C)C)C(C)(C)C)c1.Cc1cc(C)c(C(=O)O)c(CO[O])c1.[O][O]. The molecule has 0 unspecified atom stereocenters. The van der Waals surface area contributed by atoms with Crippen LogP contribution in [0.25, 0.3) is 0 Å². The standard InChI is InChI=1S/C32H46O6.C10H11O4.O2/c1-18-14-19(2)23(27(33)34)22(15-18)17-37-38-32(30(8,9)10,31(11,12)13)26-24(28(35)36)20(3)16-21(4)25(26)29(5,6)7;1-6-3-7(2)9(10(11)12)8(4-6)5-14-13;1-2/h14-16H,17H2,1-13H3,(H,33,34)(H,35,36);3-4H,5H2,1-2H3,(H,11,12);. The molecular weight excluding hydrogens is 696 g/mol. The minimum atomic E-state index is -1.23. The van der Waals surface area contributed by atoms with Crippen molar-refractivity contribution in [3.8, 4) is 0 Å². The molecule has 0 spiro atoms. The third-order valence-electron chi connectivity index (χ3n) is 9.31. The maximum absolute atomic E-state index is 12.9. The monoisotopic (exact) mass is 753 g/mol. The quantitative estimate of drug-likeness (QED) is 0.133. The van der Waals surface area contributed by atoms with E-state index in [0.29, 0.717) is 33.4 Å². The average Bonchev–Trinajstić information content (AvgIpc) is 2.97. The molecule has 12 heteroatoms. The molecule has 3 radical (unpaired) electrons. The number of hydrogen-bond donors (Lipinski definition) is 3. The summed E-state index contributed by atoms with van der Waals surface area (Å²) >= 11 is 0. The molecule has 0 aliphatic heterocycles. The Balaban J connectivity index is 0.000000758. The van der Waals surface area contributed by atoms with Gasteiger partial charge in [-0.15, -0.1) is 0 Å². The Kier molecular flexibility index (Phi) is 16.3. The fraction of sp³-hybridized carbons (Fsp3) is 0.500. The second-order valence-electron chi connectivity index (χ2n) is 16.8. The highest BCUT2D eigenvalue weighted by atomic mass is 17.2. The van der Waals surface area contributed by atoms with Crippen molar-refractivity contribution in [1.29, 1.82) is 0 Å². The summed E-state index contributed by atoms with van der Waals surface area (Å²) < 4.78 is 0. The Morgan fingerprint density at radius 1 is 0.537 bits per heavy atom. The summed E-state index contributed by atoms with van der Waals surface area (Å²) in [7, 11) is 0. The van der Waals surface area contributed by atoms with Crippen LogP contribution in [0.15, 0.2) is 30.3 Å². The summed E-state index contributed by atoms with van der Waals surface area (Å²) in [4.78, 5) is 52.1. The first-order chi connectivity index (χ1) is 24.6. The zero-order chi connectivity index (χ0) is 42.3. The smallest absolute Gasteiger partial charge is 0.336 e. The summed E-state index contributed by atoms with van der Waals surface area (Å²) in [5.74, 6) is -3.09. The lowest BCUT2D eigenvalue weighted by molar-refractivity contribution is -0.420. The van der Waals surface area contributed by atoms with E-state index < -0.39 is 39.8 Å². The van der Waals surface area contributed by atoms with Crippen LogP contribution in [0.3, 0.4) is 0 Å². The van der Waals surface area contributed by atoms with Crippen LogP contribution in [0, 0.1) is 52.4 Å². The van der Waals surface area contributed by atoms with Gasteiger partial charge in [0.15, 0.2) is 0 Å². The van der Waals surface area contributed by atoms with Crippen LogP contribution < -0.4 is 0 Å². The highest BCUT2D eigenvalue weighted by Crippen LogP contribution is 2.58. The first-order valence-corrected chi connectivity index (χ1v) is 17.4. The second kappa shape index (κ2) is 18.4. The van der Waals surface area contributed by atoms with Gasteiger partial charge >= 0.3 is 17.9 Å². The minimum Gasteiger partial charge on any atom is -0.478 e. The van der Waals surface area contributed by atoms with E-state index in [1.165, 1.54) is 0 Å². The van der Waals surface area contributed by atoms with Gasteiger partial charge in [0.05, 0.1) is 16.7 Å². The molecule has 0 aromatic heterocycles. The fourth-order valence-electron chi connectivity index (χ4n) is 7.94. The van der Waals surface area contributed by atoms with Crippen molar-refractivity contribution in [2.45, 2.75) is 128 Å². The fourth-order valence-corrected chi connectivity index (χ4v) is 7.94. The summed E-state index contributed by atoms with van der Waals surface area (Å²) in [6, 6.07) is 8.95. The molecule has 12 nitrogen and oxygen atoms in total. The lowest BCUT2D eigenvalue weighted by atomic mass is 9.56. The topological polar surface area (TPSA) is 199 Å². The van der Waals surface area contributed by atoms with E-state index in [0.717, 1.165) is 22.3 Å². The minimum absolute atomic E-state index is 0.101. The Morgan fingerprint density at radius 3 is 1.24 bits per heavy atom. The highest BCUT2D eigenvalue weighted by molar-refractivity contribution is 5.93. The van der Waals surface area contributed by atoms with Crippen molar-refractivity contribution in [3.05, 3.63) is 103 Å². The number of carbonyl (C=O) groups is 3. The summed E-state index contributed by atoms with van der Waals surface area (Å²) in [6.07, 6.45) is 0. The van der Waals surface area contributed by atoms with Crippen molar-refractivity contribution in [2.24, 2.45) is 10.8 Å². The molecule has 3 rings (SSSR count). The molecule has 3 aromatic carbocycles. The van der Waals surface area contributed by atoms with E-state index in [1.807, 2.05) is 81.4 Å². The molecule has 297 valence electrons. The molecule has 0 amide bonds. The van der Waals surface area contributed by atoms with Gasteiger partial charge in [0.1, 0.15) is 18.8 Å². The average molecular weight is 754 g/mol. The van der Waals surface area contributed by atoms with E-state index in [2.05, 4.69) is 25.7 Å². The lowest BCUT2D eigenvalue weighted by Gasteiger charge is -2.54. The largest absolute Gasteiger partial charge is 0.478 e. The van der Waals surface area contributed by atoms with Crippen molar-refractivity contribution in [1.82, 2.24) is 0 Å². The zero-order valence-corrected chi connectivity index (χ0v) is 34.3. The number of aryl methyl sites for hydroxylation is 6. The van der Waals surface area contributed by atoms with Crippen LogP contribution >= 0.6 is 0 Å². The molecule has 0 atom stereocenters. The van der Waals surface area contributed by atoms with E-state index >= 15 is 0 Å². The van der Waals surface area contributed by atoms with Crippen LogP contribution in [0.2, 0.25) is 0 Å². The van der Waals surface area contributed by atoms with Gasteiger partial charge in [-0.1, -0.05) is 104 Å². The molecular formula is C42H57O12. The molecule has 0 bridgehead atoms. The van der Waals surface area contributed by atoms with Gasteiger partial charge in [-0.2, -0.15) is 4.89 Å². The predicted molar refractivity (Wildman–Crippen MR) is 201 cm³/mol. The van der Waals surface area contributed by atoms with Gasteiger partial charge in [0.2, 0.25) is 0 Å². The Labute approximate surface area is 319 Å². The molecule has 0 heterocycles. The van der Waals surface area contributed by atoms with Crippen LogP contribution in [0.4, 0.5) is 0 Å². The number of carboxylic acid groups (broad SMARTS) is 3. The van der Waals surface area contributed by atoms with Gasteiger partial charge < -0.3 is 15.3 Å². The third kappa shape index (κ3) is 10.5. The molecule has 0 aliphatic carbocycles. The Morgan fingerprint density at radius 2 is 0.907 bits per heavy atom. The Bertz CT molecular complexity index is 1810. The summed E-state index contributed by atoms with van der Waals surface area (Å²) in [5, 5.41) is 53.3. The first-order valence-electron chi connectivity index (χ1n) is 17.4. The Hall–Kier alpha value is -4.17. The number of aromatic carboxylic acids is 3. The van der Waals surface area contributed by atoms with E-state index in [4.69, 9.17) is 25.4 Å². The maximum atomic E-state index is 12.9. The number of carboxylic acids is 3. The molecule has 0 saturated carbocycles. The molecule has 3 aromatic rings. The van der Waals surface area contributed by atoms with Gasteiger partial charge in [-0.05, 0) is 102 Å². The number of hydrogen-bond acceptors (Lipinski definition) is 6. The third-order valence-corrected chi connectivity index (χ3v) is 9.31. The number of rotatable bonds is 10. The van der Waals surface area contributed by atoms with E-state index in [1.54, 1.807) is 32.0 Å². The van der Waals surface area contributed by atoms with E-state index in [-0.39, 0.29) is 29.9 Å². The van der Waals surface area contributed by atoms with E-state index in [9.17, 15) is 29.9 Å². The number of benzene rings is 3. The lowest BCUT2D eigenvalue weighted by Crippen LogP contribution is -2.54. The van der Waals surface area contributed by atoms with Gasteiger partial charge in [0, 0.05) is 16.1 Å². The van der Waals surface area contributed by atoms with Crippen LogP contribution in [-0.2, 0) is 54.7 Å². The van der Waals surface area contributed by atoms with Crippen LogP contribution in [-0.4, -0.2) is 33.2 Å². The van der Waals surface area contributed by atoms with Crippen molar-refractivity contribution < 1.29 is 60.1 Å². The predicted octanol–water partition coefficient (Wildman–Crippen LogP) is 9.68. The molecule has 0 aliphatic rings. The normalized spacial score (nSPS) is 12.0. The van der Waals surface area contributed by atoms with Gasteiger partial charge in [-0.25, -0.2) is 24.2 Å². The summed E-state index contributed by atoms with van der Waals surface area (Å²) in [6.45, 7) is 29.1. The molecule has 54 heavy (non-hydrogen) atoms. The molecule has 3 N–H and O–H groups in total. The maximum Gasteiger partial charge on any atom is 0.336 e. The second-order valence-corrected chi connectivity index (χ2v) is 16.8. The van der Waals surface area contributed by atoms with Crippen molar-refractivity contribution in [3.63, 3.8) is 0 Å². The van der Waals surface area contributed by atoms with Crippen LogP contribution in [0.1, 0.15) is 149 Å². The highest BCUT2D eigenvalue weighted by Gasteiger charge is 2.58. The van der Waals surface area contributed by atoms with Crippen molar-refractivity contribution in [2.75, 3.05) is 0 Å². The van der Waals surface area contributed by atoms with Crippen LogP contribution in [0.5, 0.6) is 0 Å². The molecule has 0 fully saturated rings.